The highest BCUT2D eigenvalue weighted by molar-refractivity contribution is 7.89. The van der Waals surface area contributed by atoms with Crippen molar-refractivity contribution in [1.29, 1.82) is 0 Å². The molecule has 0 bridgehead atoms. The van der Waals surface area contributed by atoms with E-state index < -0.39 is 10.0 Å². The minimum absolute atomic E-state index is 0.226. The quantitative estimate of drug-likeness (QED) is 0.497. The normalized spacial score (nSPS) is 17.2. The van der Waals surface area contributed by atoms with Gasteiger partial charge in [0, 0.05) is 18.7 Å². The lowest BCUT2D eigenvalue weighted by Gasteiger charge is -2.21. The van der Waals surface area contributed by atoms with Crippen molar-refractivity contribution in [3.8, 4) is 28.4 Å². The second-order valence-electron chi connectivity index (χ2n) is 8.88. The number of hydrogen-bond donors (Lipinski definition) is 0. The highest BCUT2D eigenvalue weighted by atomic mass is 32.2. The standard InChI is InChI=1S/C27H29NO6S/c1-16-6-9-19(10-7-16)35(29,30)28-13-18-8-11-20-23(22(18)14-28)15-34-17(2)21-12-24(31-3)26(32-4)27(33-5)25(20)21/h6-12,17H,13-15H2,1-5H3/t17-/m1/s1. The summed E-state index contributed by atoms with van der Waals surface area (Å²) in [6.07, 6.45) is -0.226. The fourth-order valence-corrected chi connectivity index (χ4v) is 6.40. The second-order valence-corrected chi connectivity index (χ2v) is 10.8. The van der Waals surface area contributed by atoms with Crippen molar-refractivity contribution in [3.05, 3.63) is 70.3 Å². The zero-order chi connectivity index (χ0) is 24.9. The topological polar surface area (TPSA) is 74.3 Å². The van der Waals surface area contributed by atoms with Gasteiger partial charge in [-0.15, -0.1) is 0 Å². The van der Waals surface area contributed by atoms with Crippen LogP contribution in [0.4, 0.5) is 0 Å². The fourth-order valence-electron chi connectivity index (χ4n) is 5.01. The molecular formula is C27H29NO6S. The van der Waals surface area contributed by atoms with Crippen molar-refractivity contribution in [2.75, 3.05) is 21.3 Å². The van der Waals surface area contributed by atoms with Crippen LogP contribution < -0.4 is 14.2 Å². The smallest absolute Gasteiger partial charge is 0.243 e. The molecule has 0 amide bonds. The van der Waals surface area contributed by atoms with Crippen LogP contribution >= 0.6 is 0 Å². The van der Waals surface area contributed by atoms with Gasteiger partial charge in [-0.25, -0.2) is 8.42 Å². The van der Waals surface area contributed by atoms with E-state index in [-0.39, 0.29) is 12.6 Å². The van der Waals surface area contributed by atoms with Gasteiger partial charge in [0.2, 0.25) is 15.8 Å². The summed E-state index contributed by atoms with van der Waals surface area (Å²) >= 11 is 0. The number of sulfonamides is 1. The van der Waals surface area contributed by atoms with Gasteiger partial charge >= 0.3 is 0 Å². The Hall–Kier alpha value is -3.07. The Morgan fingerprint density at radius 3 is 2.29 bits per heavy atom. The molecule has 184 valence electrons. The second kappa shape index (κ2) is 8.86. The van der Waals surface area contributed by atoms with Crippen LogP contribution in [0.15, 0.2) is 47.4 Å². The number of rotatable bonds is 5. The first-order valence-electron chi connectivity index (χ1n) is 11.5. The van der Waals surface area contributed by atoms with Crippen LogP contribution in [0.25, 0.3) is 11.1 Å². The lowest BCUT2D eigenvalue weighted by Crippen LogP contribution is -2.25. The van der Waals surface area contributed by atoms with Gasteiger partial charge in [0.1, 0.15) is 0 Å². The monoisotopic (exact) mass is 495 g/mol. The summed E-state index contributed by atoms with van der Waals surface area (Å²) in [4.78, 5) is 0.302. The molecule has 0 saturated heterocycles. The Balaban J connectivity index is 1.64. The highest BCUT2D eigenvalue weighted by Crippen LogP contribution is 2.52. The third kappa shape index (κ3) is 3.76. The Morgan fingerprint density at radius 1 is 0.914 bits per heavy atom. The first-order chi connectivity index (χ1) is 16.8. The van der Waals surface area contributed by atoms with Crippen molar-refractivity contribution in [1.82, 2.24) is 4.31 Å². The van der Waals surface area contributed by atoms with Gasteiger partial charge in [-0.3, -0.25) is 0 Å². The van der Waals surface area contributed by atoms with Crippen LogP contribution in [-0.2, 0) is 34.5 Å². The lowest BCUT2D eigenvalue weighted by atomic mass is 9.89. The average molecular weight is 496 g/mol. The van der Waals surface area contributed by atoms with E-state index in [1.54, 1.807) is 33.5 Å². The molecule has 3 aromatic rings. The number of fused-ring (bicyclic) bond motifs is 5. The summed E-state index contributed by atoms with van der Waals surface area (Å²) in [5, 5.41) is 0. The van der Waals surface area contributed by atoms with E-state index >= 15 is 0 Å². The predicted octanol–water partition coefficient (Wildman–Crippen LogP) is 4.98. The number of methoxy groups -OCH3 is 3. The van der Waals surface area contributed by atoms with Crippen molar-refractivity contribution < 1.29 is 27.4 Å². The van der Waals surface area contributed by atoms with Gasteiger partial charge in [0.05, 0.1) is 38.9 Å². The van der Waals surface area contributed by atoms with Crippen LogP contribution in [0, 0.1) is 6.92 Å². The Morgan fingerprint density at radius 2 is 1.63 bits per heavy atom. The first kappa shape index (κ1) is 23.7. The molecule has 0 N–H and O–H groups in total. The van der Waals surface area contributed by atoms with Crippen LogP contribution in [0.2, 0.25) is 0 Å². The molecule has 0 aliphatic carbocycles. The highest BCUT2D eigenvalue weighted by Gasteiger charge is 2.35. The summed E-state index contributed by atoms with van der Waals surface area (Å²) < 4.78 is 51.6. The number of aryl methyl sites for hydroxylation is 1. The minimum atomic E-state index is -3.63. The van der Waals surface area contributed by atoms with Crippen molar-refractivity contribution >= 4 is 10.0 Å². The van der Waals surface area contributed by atoms with E-state index in [1.807, 2.05) is 44.2 Å². The molecule has 0 spiro atoms. The molecule has 35 heavy (non-hydrogen) atoms. The summed E-state index contributed by atoms with van der Waals surface area (Å²) in [5.74, 6) is 1.65. The number of ether oxygens (including phenoxy) is 4. The zero-order valence-electron chi connectivity index (χ0n) is 20.5. The summed E-state index contributed by atoms with van der Waals surface area (Å²) in [5.41, 5.74) is 6.72. The number of nitrogens with zero attached hydrogens (tertiary/aromatic N) is 1. The molecular weight excluding hydrogens is 466 g/mol. The van der Waals surface area contributed by atoms with Gasteiger partial charge in [-0.05, 0) is 59.9 Å². The molecule has 0 radical (unpaired) electrons. The summed E-state index contributed by atoms with van der Waals surface area (Å²) in [6.45, 7) is 4.90. The first-order valence-corrected chi connectivity index (χ1v) is 12.9. The van der Waals surface area contributed by atoms with Crippen LogP contribution in [-0.4, -0.2) is 34.1 Å². The van der Waals surface area contributed by atoms with E-state index in [1.165, 1.54) is 4.31 Å². The molecule has 2 aliphatic rings. The third-order valence-electron chi connectivity index (χ3n) is 6.91. The van der Waals surface area contributed by atoms with Crippen LogP contribution in [0.5, 0.6) is 17.2 Å². The molecule has 2 heterocycles. The number of hydrogen-bond acceptors (Lipinski definition) is 6. The molecule has 7 nitrogen and oxygen atoms in total. The largest absolute Gasteiger partial charge is 0.493 e. The molecule has 0 aromatic heterocycles. The van der Waals surface area contributed by atoms with Gasteiger partial charge in [-0.2, -0.15) is 4.31 Å². The SMILES string of the molecule is COc1cc2c(c(OC)c1OC)-c1ccc3c(c1CO[C@@H]2C)CN(S(=O)(=O)c1ccc(C)cc1)C3. The van der Waals surface area contributed by atoms with Crippen molar-refractivity contribution in [2.24, 2.45) is 0 Å². The third-order valence-corrected chi connectivity index (χ3v) is 8.72. The molecule has 0 unspecified atom stereocenters. The Kier molecular flexibility index (Phi) is 5.99. The summed E-state index contributed by atoms with van der Waals surface area (Å²) in [7, 11) is 1.15. The molecule has 2 aliphatic heterocycles. The van der Waals surface area contributed by atoms with Gasteiger partial charge in [0.15, 0.2) is 11.5 Å². The molecule has 3 aromatic carbocycles. The van der Waals surface area contributed by atoms with Gasteiger partial charge in [0.25, 0.3) is 0 Å². The zero-order valence-corrected chi connectivity index (χ0v) is 21.4. The molecule has 0 fully saturated rings. The van der Waals surface area contributed by atoms with E-state index in [4.69, 9.17) is 18.9 Å². The predicted molar refractivity (Wildman–Crippen MR) is 132 cm³/mol. The van der Waals surface area contributed by atoms with Gasteiger partial charge < -0.3 is 18.9 Å². The number of benzene rings is 3. The van der Waals surface area contributed by atoms with E-state index in [9.17, 15) is 8.42 Å². The maximum Gasteiger partial charge on any atom is 0.243 e. The van der Waals surface area contributed by atoms with E-state index in [0.29, 0.717) is 35.3 Å². The molecule has 8 heteroatoms. The van der Waals surface area contributed by atoms with E-state index in [0.717, 1.165) is 38.9 Å². The molecule has 1 atom stereocenters. The average Bonchev–Trinajstić information content (AvgIpc) is 3.26. The van der Waals surface area contributed by atoms with Crippen LogP contribution in [0.1, 0.15) is 40.8 Å². The van der Waals surface area contributed by atoms with Crippen molar-refractivity contribution in [3.63, 3.8) is 0 Å². The Labute approximate surface area is 206 Å². The van der Waals surface area contributed by atoms with Gasteiger partial charge in [-0.1, -0.05) is 29.8 Å². The van der Waals surface area contributed by atoms with Crippen LogP contribution in [0.3, 0.4) is 0 Å². The molecule has 0 saturated carbocycles. The lowest BCUT2D eigenvalue weighted by molar-refractivity contribution is 0.0544. The van der Waals surface area contributed by atoms with Crippen molar-refractivity contribution in [2.45, 2.75) is 44.5 Å². The molecule has 5 rings (SSSR count). The Bertz CT molecular complexity index is 1400. The summed E-state index contributed by atoms with van der Waals surface area (Å²) in [6, 6.07) is 12.9. The maximum absolute atomic E-state index is 13.4. The minimum Gasteiger partial charge on any atom is -0.493 e. The maximum atomic E-state index is 13.4. The fraction of sp³-hybridized carbons (Fsp3) is 0.333. The van der Waals surface area contributed by atoms with E-state index in [2.05, 4.69) is 0 Å².